The number of likely N-dealkylation sites (tertiary alicyclic amines) is 1. The van der Waals surface area contributed by atoms with E-state index in [1.807, 2.05) is 0 Å². The van der Waals surface area contributed by atoms with Gasteiger partial charge in [0, 0.05) is 19.6 Å². The zero-order chi connectivity index (χ0) is 10.2. The second-order valence-corrected chi connectivity index (χ2v) is 5.63. The number of hydrogen-bond acceptors (Lipinski definition) is 2. The molecule has 1 saturated carbocycles. The number of nitrogens with zero attached hydrogens (tertiary/aromatic N) is 1. The van der Waals surface area contributed by atoms with Crippen molar-refractivity contribution in [2.45, 2.75) is 45.1 Å². The van der Waals surface area contributed by atoms with Gasteiger partial charge in [-0.1, -0.05) is 26.7 Å². The van der Waals surface area contributed by atoms with Crippen LogP contribution in [-0.4, -0.2) is 35.2 Å². The molecule has 2 nitrogen and oxygen atoms in total. The Hall–Kier alpha value is -0.0800. The van der Waals surface area contributed by atoms with E-state index in [1.165, 1.54) is 25.9 Å². The van der Waals surface area contributed by atoms with Gasteiger partial charge >= 0.3 is 0 Å². The summed E-state index contributed by atoms with van der Waals surface area (Å²) >= 11 is 0. The van der Waals surface area contributed by atoms with E-state index in [-0.39, 0.29) is 5.60 Å². The van der Waals surface area contributed by atoms with Crippen LogP contribution in [0.25, 0.3) is 0 Å². The molecule has 14 heavy (non-hydrogen) atoms. The summed E-state index contributed by atoms with van der Waals surface area (Å²) in [6.07, 6.45) is 4.49. The molecular formula is C12H23NO. The van der Waals surface area contributed by atoms with Gasteiger partial charge in [0.25, 0.3) is 0 Å². The highest BCUT2D eigenvalue weighted by molar-refractivity contribution is 4.92. The minimum Gasteiger partial charge on any atom is -0.389 e. The summed E-state index contributed by atoms with van der Waals surface area (Å²) in [6.45, 7) is 7.94. The SMILES string of the molecule is CC(C)C1CN(CC2(O)CCCC2)C1. The molecule has 2 heteroatoms. The molecule has 82 valence electrons. The van der Waals surface area contributed by atoms with Crippen molar-refractivity contribution in [3.63, 3.8) is 0 Å². The van der Waals surface area contributed by atoms with Crippen LogP contribution in [0.5, 0.6) is 0 Å². The topological polar surface area (TPSA) is 23.5 Å². The molecule has 1 aliphatic heterocycles. The minimum absolute atomic E-state index is 0.331. The lowest BCUT2D eigenvalue weighted by molar-refractivity contribution is -0.0352. The van der Waals surface area contributed by atoms with Gasteiger partial charge in [-0.25, -0.2) is 0 Å². The summed E-state index contributed by atoms with van der Waals surface area (Å²) in [7, 11) is 0. The van der Waals surface area contributed by atoms with Crippen molar-refractivity contribution in [3.05, 3.63) is 0 Å². The third kappa shape index (κ3) is 2.12. The van der Waals surface area contributed by atoms with E-state index < -0.39 is 0 Å². The van der Waals surface area contributed by atoms with Crippen LogP contribution in [0.2, 0.25) is 0 Å². The summed E-state index contributed by atoms with van der Waals surface area (Å²) in [5, 5.41) is 10.2. The molecule has 0 radical (unpaired) electrons. The summed E-state index contributed by atoms with van der Waals surface area (Å²) in [4.78, 5) is 2.43. The fraction of sp³-hybridized carbons (Fsp3) is 1.00. The van der Waals surface area contributed by atoms with Gasteiger partial charge in [0.2, 0.25) is 0 Å². The molecule has 0 bridgehead atoms. The van der Waals surface area contributed by atoms with E-state index in [1.54, 1.807) is 0 Å². The van der Waals surface area contributed by atoms with Crippen molar-refractivity contribution in [1.82, 2.24) is 4.90 Å². The Morgan fingerprint density at radius 2 is 1.86 bits per heavy atom. The van der Waals surface area contributed by atoms with Crippen molar-refractivity contribution in [3.8, 4) is 0 Å². The first-order chi connectivity index (χ1) is 6.59. The van der Waals surface area contributed by atoms with Crippen LogP contribution in [0, 0.1) is 11.8 Å². The first-order valence-corrected chi connectivity index (χ1v) is 6.04. The Morgan fingerprint density at radius 1 is 1.29 bits per heavy atom. The lowest BCUT2D eigenvalue weighted by Gasteiger charge is -2.44. The largest absolute Gasteiger partial charge is 0.389 e. The quantitative estimate of drug-likeness (QED) is 0.746. The van der Waals surface area contributed by atoms with Crippen LogP contribution in [0.4, 0.5) is 0 Å². The summed E-state index contributed by atoms with van der Waals surface area (Å²) in [6, 6.07) is 0. The minimum atomic E-state index is -0.331. The molecule has 1 aliphatic carbocycles. The van der Waals surface area contributed by atoms with E-state index >= 15 is 0 Å². The highest BCUT2D eigenvalue weighted by Crippen LogP contribution is 2.33. The molecule has 1 heterocycles. The van der Waals surface area contributed by atoms with E-state index in [0.29, 0.717) is 0 Å². The van der Waals surface area contributed by atoms with Crippen molar-refractivity contribution in [2.75, 3.05) is 19.6 Å². The van der Waals surface area contributed by atoms with Crippen molar-refractivity contribution in [2.24, 2.45) is 11.8 Å². The fourth-order valence-electron chi connectivity index (χ4n) is 2.77. The van der Waals surface area contributed by atoms with E-state index in [4.69, 9.17) is 0 Å². The molecule has 0 aromatic heterocycles. The Labute approximate surface area is 87.3 Å². The summed E-state index contributed by atoms with van der Waals surface area (Å²) < 4.78 is 0. The van der Waals surface area contributed by atoms with E-state index in [2.05, 4.69) is 18.7 Å². The van der Waals surface area contributed by atoms with Crippen LogP contribution in [-0.2, 0) is 0 Å². The molecule has 2 aliphatic rings. The number of hydrogen-bond donors (Lipinski definition) is 1. The highest BCUT2D eigenvalue weighted by atomic mass is 16.3. The van der Waals surface area contributed by atoms with Gasteiger partial charge in [0.1, 0.15) is 0 Å². The van der Waals surface area contributed by atoms with Gasteiger partial charge in [0.15, 0.2) is 0 Å². The Bertz CT molecular complexity index is 190. The zero-order valence-corrected chi connectivity index (χ0v) is 9.50. The second kappa shape index (κ2) is 3.82. The molecule has 1 saturated heterocycles. The maximum absolute atomic E-state index is 10.2. The Kier molecular flexibility index (Phi) is 2.85. The molecule has 0 amide bonds. The van der Waals surface area contributed by atoms with Gasteiger partial charge < -0.3 is 5.11 Å². The normalized spacial score (nSPS) is 28.3. The van der Waals surface area contributed by atoms with Crippen molar-refractivity contribution >= 4 is 0 Å². The molecule has 2 rings (SSSR count). The predicted molar refractivity (Wildman–Crippen MR) is 58.2 cm³/mol. The summed E-state index contributed by atoms with van der Waals surface area (Å²) in [5.41, 5.74) is -0.331. The lowest BCUT2D eigenvalue weighted by atomic mass is 9.87. The molecule has 0 aromatic carbocycles. The number of rotatable bonds is 3. The average molecular weight is 197 g/mol. The van der Waals surface area contributed by atoms with Gasteiger partial charge in [-0.3, -0.25) is 4.90 Å². The van der Waals surface area contributed by atoms with Crippen LogP contribution in [0.1, 0.15) is 39.5 Å². The first kappa shape index (κ1) is 10.4. The van der Waals surface area contributed by atoms with Gasteiger partial charge in [-0.2, -0.15) is 0 Å². The van der Waals surface area contributed by atoms with Crippen LogP contribution >= 0.6 is 0 Å². The van der Waals surface area contributed by atoms with E-state index in [0.717, 1.165) is 31.2 Å². The molecule has 0 unspecified atom stereocenters. The maximum Gasteiger partial charge on any atom is 0.0774 e. The Balaban J connectivity index is 1.73. The standard InChI is InChI=1S/C12H23NO/c1-10(2)11-7-13(8-11)9-12(14)5-3-4-6-12/h10-11,14H,3-9H2,1-2H3. The number of β-amino-alcohol motifs (C(OH)–C–C–N with tert-alkyl or cyclic N) is 1. The third-order valence-electron chi connectivity index (χ3n) is 3.98. The molecule has 2 fully saturated rings. The van der Waals surface area contributed by atoms with Crippen LogP contribution in [0.3, 0.4) is 0 Å². The smallest absolute Gasteiger partial charge is 0.0774 e. The van der Waals surface area contributed by atoms with E-state index in [9.17, 15) is 5.11 Å². The Morgan fingerprint density at radius 3 is 2.36 bits per heavy atom. The molecule has 0 spiro atoms. The van der Waals surface area contributed by atoms with Gasteiger partial charge in [-0.15, -0.1) is 0 Å². The first-order valence-electron chi connectivity index (χ1n) is 6.04. The van der Waals surface area contributed by atoms with Crippen LogP contribution in [0.15, 0.2) is 0 Å². The van der Waals surface area contributed by atoms with Gasteiger partial charge in [0.05, 0.1) is 5.60 Å². The van der Waals surface area contributed by atoms with Crippen molar-refractivity contribution in [1.29, 1.82) is 0 Å². The zero-order valence-electron chi connectivity index (χ0n) is 9.50. The molecule has 1 N–H and O–H groups in total. The van der Waals surface area contributed by atoms with Gasteiger partial charge in [-0.05, 0) is 24.7 Å². The fourth-order valence-corrected chi connectivity index (χ4v) is 2.77. The summed E-state index contributed by atoms with van der Waals surface area (Å²) in [5.74, 6) is 1.68. The molecule has 0 atom stereocenters. The lowest BCUT2D eigenvalue weighted by Crippen LogP contribution is -2.54. The predicted octanol–water partition coefficient (Wildman–Crippen LogP) is 1.88. The third-order valence-corrected chi connectivity index (χ3v) is 3.98. The molecule has 0 aromatic rings. The second-order valence-electron chi connectivity index (χ2n) is 5.63. The molecular weight excluding hydrogens is 174 g/mol. The average Bonchev–Trinajstić information content (AvgIpc) is 2.44. The maximum atomic E-state index is 10.2. The highest BCUT2D eigenvalue weighted by Gasteiger charge is 2.37. The monoisotopic (exact) mass is 197 g/mol. The number of aliphatic hydroxyl groups is 1. The van der Waals surface area contributed by atoms with Crippen molar-refractivity contribution < 1.29 is 5.11 Å². The van der Waals surface area contributed by atoms with Crippen LogP contribution < -0.4 is 0 Å².